The third-order valence-electron chi connectivity index (χ3n) is 3.42. The van der Waals surface area contributed by atoms with Crippen LogP contribution in [-0.2, 0) is 0 Å². The molecule has 0 radical (unpaired) electrons. The lowest BCUT2D eigenvalue weighted by atomic mass is 10.2. The zero-order valence-corrected chi connectivity index (χ0v) is 11.1. The summed E-state index contributed by atoms with van der Waals surface area (Å²) >= 11 is 0. The molecule has 1 rings (SSSR count). The molecule has 0 bridgehead atoms. The van der Waals surface area contributed by atoms with Gasteiger partial charge in [0.15, 0.2) is 0 Å². The van der Waals surface area contributed by atoms with Crippen LogP contribution in [0.1, 0.15) is 26.7 Å². The smallest absolute Gasteiger partial charge is 0.317 e. The maximum Gasteiger partial charge on any atom is 0.317 e. The zero-order chi connectivity index (χ0) is 12.7. The van der Waals surface area contributed by atoms with E-state index < -0.39 is 0 Å². The number of rotatable bonds is 5. The highest BCUT2D eigenvalue weighted by atomic mass is 16.2. The molecular weight excluding hydrogens is 216 g/mol. The van der Waals surface area contributed by atoms with Gasteiger partial charge in [0.05, 0.1) is 0 Å². The Bertz CT molecular complexity index is 223. The summed E-state index contributed by atoms with van der Waals surface area (Å²) in [4.78, 5) is 16.2. The highest BCUT2D eigenvalue weighted by Gasteiger charge is 2.21. The van der Waals surface area contributed by atoms with Gasteiger partial charge in [-0.15, -0.1) is 0 Å². The average Bonchev–Trinajstić information content (AvgIpc) is 2.37. The molecule has 1 aliphatic rings. The minimum absolute atomic E-state index is 0.0890. The first-order valence-electron chi connectivity index (χ1n) is 6.69. The third-order valence-corrected chi connectivity index (χ3v) is 3.42. The van der Waals surface area contributed by atoms with Crippen molar-refractivity contribution in [3.8, 4) is 0 Å². The molecule has 0 aliphatic carbocycles. The molecule has 5 nitrogen and oxygen atoms in total. The van der Waals surface area contributed by atoms with Crippen LogP contribution in [-0.4, -0.2) is 61.1 Å². The van der Waals surface area contributed by atoms with Gasteiger partial charge in [-0.25, -0.2) is 4.79 Å². The van der Waals surface area contributed by atoms with Gasteiger partial charge in [0.1, 0.15) is 0 Å². The molecule has 1 saturated heterocycles. The second-order valence-electron chi connectivity index (χ2n) is 4.58. The first-order valence-corrected chi connectivity index (χ1v) is 6.69. The van der Waals surface area contributed by atoms with Crippen LogP contribution < -0.4 is 11.1 Å². The van der Waals surface area contributed by atoms with Gasteiger partial charge in [0, 0.05) is 45.3 Å². The van der Waals surface area contributed by atoms with Gasteiger partial charge in [0.25, 0.3) is 0 Å². The SMILES string of the molecule is CCC(CC)NC(=O)N1CCN(CCN)CC1. The van der Waals surface area contributed by atoms with Gasteiger partial charge in [-0.05, 0) is 12.8 Å². The molecule has 0 aromatic heterocycles. The summed E-state index contributed by atoms with van der Waals surface area (Å²) < 4.78 is 0. The molecule has 2 amide bonds. The second-order valence-corrected chi connectivity index (χ2v) is 4.58. The number of nitrogens with one attached hydrogen (secondary N) is 1. The minimum Gasteiger partial charge on any atom is -0.335 e. The number of urea groups is 1. The standard InChI is InChI=1S/C12H26N4O/c1-3-11(4-2)14-12(17)16-9-7-15(6-5-13)8-10-16/h11H,3-10,13H2,1-2H3,(H,14,17). The van der Waals surface area contributed by atoms with E-state index in [2.05, 4.69) is 24.1 Å². The second kappa shape index (κ2) is 7.50. The van der Waals surface area contributed by atoms with Crippen molar-refractivity contribution in [2.24, 2.45) is 5.73 Å². The van der Waals surface area contributed by atoms with Gasteiger partial charge in [0.2, 0.25) is 0 Å². The fraction of sp³-hybridized carbons (Fsp3) is 0.917. The Morgan fingerprint density at radius 3 is 2.29 bits per heavy atom. The Labute approximate surface area is 104 Å². The molecule has 3 N–H and O–H groups in total. The molecule has 100 valence electrons. The predicted octanol–water partition coefficient (Wildman–Crippen LogP) is 0.461. The van der Waals surface area contributed by atoms with Crippen LogP contribution in [0.25, 0.3) is 0 Å². The summed E-state index contributed by atoms with van der Waals surface area (Å²) in [6.45, 7) is 9.34. The van der Waals surface area contributed by atoms with Gasteiger partial charge >= 0.3 is 6.03 Å². The summed E-state index contributed by atoms with van der Waals surface area (Å²) in [6, 6.07) is 0.399. The molecule has 0 saturated carbocycles. The van der Waals surface area contributed by atoms with E-state index in [-0.39, 0.29) is 6.03 Å². The van der Waals surface area contributed by atoms with Crippen LogP contribution in [0.15, 0.2) is 0 Å². The van der Waals surface area contributed by atoms with Crippen LogP contribution in [0.4, 0.5) is 4.79 Å². The first kappa shape index (κ1) is 14.3. The van der Waals surface area contributed by atoms with Crippen molar-refractivity contribution >= 4 is 6.03 Å². The fourth-order valence-corrected chi connectivity index (χ4v) is 2.12. The van der Waals surface area contributed by atoms with Crippen molar-refractivity contribution in [1.82, 2.24) is 15.1 Å². The molecule has 0 aromatic carbocycles. The molecule has 0 atom stereocenters. The summed E-state index contributed by atoms with van der Waals surface area (Å²) in [5.41, 5.74) is 5.52. The number of carbonyl (C=O) groups excluding carboxylic acids is 1. The van der Waals surface area contributed by atoms with Crippen LogP contribution >= 0.6 is 0 Å². The Hall–Kier alpha value is -0.810. The number of hydrogen-bond donors (Lipinski definition) is 2. The van der Waals surface area contributed by atoms with Crippen molar-refractivity contribution in [2.75, 3.05) is 39.3 Å². The Balaban J connectivity index is 2.30. The molecular formula is C12H26N4O. The molecule has 17 heavy (non-hydrogen) atoms. The minimum atomic E-state index is 0.0890. The van der Waals surface area contributed by atoms with Gasteiger partial charge in [-0.3, -0.25) is 4.90 Å². The molecule has 1 aliphatic heterocycles. The van der Waals surface area contributed by atoms with Crippen molar-refractivity contribution in [2.45, 2.75) is 32.7 Å². The third kappa shape index (κ3) is 4.52. The highest BCUT2D eigenvalue weighted by Crippen LogP contribution is 2.03. The van der Waals surface area contributed by atoms with Crippen LogP contribution in [0.3, 0.4) is 0 Å². The normalized spacial score (nSPS) is 17.5. The van der Waals surface area contributed by atoms with E-state index in [1.165, 1.54) is 0 Å². The summed E-state index contributed by atoms with van der Waals surface area (Å²) in [5, 5.41) is 3.08. The summed E-state index contributed by atoms with van der Waals surface area (Å²) in [7, 11) is 0. The van der Waals surface area contributed by atoms with Crippen molar-refractivity contribution < 1.29 is 4.79 Å². The summed E-state index contributed by atoms with van der Waals surface area (Å²) in [6.07, 6.45) is 1.99. The largest absolute Gasteiger partial charge is 0.335 e. The van der Waals surface area contributed by atoms with E-state index >= 15 is 0 Å². The number of piperazine rings is 1. The number of amides is 2. The Kier molecular flexibility index (Phi) is 6.29. The number of carbonyl (C=O) groups is 1. The van der Waals surface area contributed by atoms with Gasteiger partial charge in [-0.1, -0.05) is 13.8 Å². The Morgan fingerprint density at radius 2 is 1.82 bits per heavy atom. The van der Waals surface area contributed by atoms with E-state index in [1.54, 1.807) is 0 Å². The maximum atomic E-state index is 12.0. The first-order chi connectivity index (χ1) is 8.21. The van der Waals surface area contributed by atoms with Gasteiger partial charge < -0.3 is 16.0 Å². The lowest BCUT2D eigenvalue weighted by molar-refractivity contribution is 0.139. The van der Waals surface area contributed by atoms with E-state index in [4.69, 9.17) is 5.73 Å². The monoisotopic (exact) mass is 242 g/mol. The number of nitrogens with zero attached hydrogens (tertiary/aromatic N) is 2. The van der Waals surface area contributed by atoms with E-state index in [0.29, 0.717) is 12.6 Å². The predicted molar refractivity (Wildman–Crippen MR) is 70.0 cm³/mol. The highest BCUT2D eigenvalue weighted by molar-refractivity contribution is 5.74. The van der Waals surface area contributed by atoms with Crippen LogP contribution in [0, 0.1) is 0 Å². The van der Waals surface area contributed by atoms with Crippen LogP contribution in [0.2, 0.25) is 0 Å². The summed E-state index contributed by atoms with van der Waals surface area (Å²) in [5.74, 6) is 0. The topological polar surface area (TPSA) is 61.6 Å². The van der Waals surface area contributed by atoms with Crippen molar-refractivity contribution in [1.29, 1.82) is 0 Å². The van der Waals surface area contributed by atoms with Gasteiger partial charge in [-0.2, -0.15) is 0 Å². The van der Waals surface area contributed by atoms with E-state index in [0.717, 1.165) is 45.6 Å². The quantitative estimate of drug-likeness (QED) is 0.736. The molecule has 5 heteroatoms. The zero-order valence-electron chi connectivity index (χ0n) is 11.1. The van der Waals surface area contributed by atoms with Crippen molar-refractivity contribution in [3.63, 3.8) is 0 Å². The Morgan fingerprint density at radius 1 is 1.24 bits per heavy atom. The fourth-order valence-electron chi connectivity index (χ4n) is 2.12. The molecule has 1 heterocycles. The maximum absolute atomic E-state index is 12.0. The van der Waals surface area contributed by atoms with Crippen molar-refractivity contribution in [3.05, 3.63) is 0 Å². The number of hydrogen-bond acceptors (Lipinski definition) is 3. The molecule has 0 spiro atoms. The average molecular weight is 242 g/mol. The lowest BCUT2D eigenvalue weighted by Gasteiger charge is -2.35. The molecule has 0 aromatic rings. The van der Waals surface area contributed by atoms with E-state index in [9.17, 15) is 4.79 Å². The van der Waals surface area contributed by atoms with Crippen LogP contribution in [0.5, 0.6) is 0 Å². The molecule has 0 unspecified atom stereocenters. The number of nitrogens with two attached hydrogens (primary N) is 1. The van der Waals surface area contributed by atoms with E-state index in [1.807, 2.05) is 4.90 Å². The lowest BCUT2D eigenvalue weighted by Crippen LogP contribution is -2.53. The molecule has 1 fully saturated rings.